The molecule has 29 heavy (non-hydrogen) atoms. The third-order valence-corrected chi connectivity index (χ3v) is 4.96. The third kappa shape index (κ3) is 3.55. The van der Waals surface area contributed by atoms with Gasteiger partial charge in [0.2, 0.25) is 0 Å². The molecule has 0 saturated heterocycles. The average molecular weight is 388 g/mol. The zero-order valence-electron chi connectivity index (χ0n) is 15.9. The molecule has 0 spiro atoms. The average Bonchev–Trinajstić information content (AvgIpc) is 2.75. The van der Waals surface area contributed by atoms with Crippen molar-refractivity contribution < 1.29 is 24.1 Å². The minimum Gasteiger partial charge on any atom is -0.515 e. The van der Waals surface area contributed by atoms with E-state index in [0.29, 0.717) is 17.1 Å². The molecule has 1 N–H and O–H groups in total. The summed E-state index contributed by atoms with van der Waals surface area (Å²) in [7, 11) is 0. The van der Waals surface area contributed by atoms with E-state index < -0.39 is 11.8 Å². The highest BCUT2D eigenvalue weighted by Gasteiger charge is 2.42. The van der Waals surface area contributed by atoms with Crippen LogP contribution in [0.1, 0.15) is 23.6 Å². The number of carbonyl (C=O) groups excluding carboxylic acids is 1. The van der Waals surface area contributed by atoms with Gasteiger partial charge in [-0.1, -0.05) is 66.7 Å². The van der Waals surface area contributed by atoms with E-state index in [2.05, 4.69) is 0 Å². The molecule has 1 aliphatic rings. The Morgan fingerprint density at radius 1 is 0.931 bits per heavy atom. The lowest BCUT2D eigenvalue weighted by Gasteiger charge is -2.36. The number of fused-ring (bicyclic) bond motifs is 2. The molecule has 0 bridgehead atoms. The van der Waals surface area contributed by atoms with Crippen LogP contribution in [0.5, 0.6) is 11.5 Å². The van der Waals surface area contributed by atoms with Gasteiger partial charge in [0.1, 0.15) is 18.1 Å². The minimum atomic E-state index is -1.07. The summed E-state index contributed by atoms with van der Waals surface area (Å²) in [6.07, 6.45) is 0.0953. The van der Waals surface area contributed by atoms with Crippen molar-refractivity contribution in [1.82, 2.24) is 0 Å². The SMILES string of the molecule is CC1(OC(=O)OCC(=CO)c2ccccc2)c2ccccc2Oc2ccccc21. The fraction of sp³-hybridized carbons (Fsp3) is 0.125. The van der Waals surface area contributed by atoms with E-state index in [1.807, 2.05) is 85.8 Å². The van der Waals surface area contributed by atoms with Crippen LogP contribution in [0.3, 0.4) is 0 Å². The topological polar surface area (TPSA) is 65.0 Å². The van der Waals surface area contributed by atoms with Gasteiger partial charge in [0.25, 0.3) is 0 Å². The van der Waals surface area contributed by atoms with Gasteiger partial charge in [-0.15, -0.1) is 0 Å². The summed E-state index contributed by atoms with van der Waals surface area (Å²) < 4.78 is 17.1. The van der Waals surface area contributed by atoms with Gasteiger partial charge in [0, 0.05) is 16.7 Å². The summed E-state index contributed by atoms with van der Waals surface area (Å²) in [5.74, 6) is 1.25. The molecule has 0 unspecified atom stereocenters. The van der Waals surface area contributed by atoms with Crippen molar-refractivity contribution >= 4 is 11.7 Å². The number of benzene rings is 3. The highest BCUT2D eigenvalue weighted by atomic mass is 16.7. The van der Waals surface area contributed by atoms with E-state index in [-0.39, 0.29) is 6.61 Å². The van der Waals surface area contributed by atoms with Gasteiger partial charge in [-0.2, -0.15) is 0 Å². The second kappa shape index (κ2) is 7.72. The highest BCUT2D eigenvalue weighted by Crippen LogP contribution is 2.48. The van der Waals surface area contributed by atoms with Crippen LogP contribution in [0.15, 0.2) is 85.1 Å². The first-order chi connectivity index (χ1) is 14.1. The van der Waals surface area contributed by atoms with E-state index in [9.17, 15) is 9.90 Å². The van der Waals surface area contributed by atoms with Crippen molar-refractivity contribution in [1.29, 1.82) is 0 Å². The summed E-state index contributed by atoms with van der Waals surface area (Å²) in [5, 5.41) is 9.51. The standard InChI is InChI=1S/C24H20O5/c1-24(29-23(26)27-16-18(15-25)17-9-3-2-4-10-17)19-11-5-7-13-21(19)28-22-14-8-6-12-20(22)24/h2-15,25H,16H2,1H3. The first kappa shape index (κ1) is 18.6. The molecule has 146 valence electrons. The van der Waals surface area contributed by atoms with Crippen molar-refractivity contribution in [3.05, 3.63) is 102 Å². The fourth-order valence-corrected chi connectivity index (χ4v) is 3.45. The molecule has 3 aromatic rings. The molecule has 3 aromatic carbocycles. The second-order valence-corrected chi connectivity index (χ2v) is 6.79. The lowest BCUT2D eigenvalue weighted by molar-refractivity contribution is -0.00681. The number of aliphatic hydroxyl groups is 1. The van der Waals surface area contributed by atoms with E-state index in [1.54, 1.807) is 0 Å². The molecule has 0 radical (unpaired) electrons. The van der Waals surface area contributed by atoms with Crippen LogP contribution in [0.4, 0.5) is 4.79 Å². The lowest BCUT2D eigenvalue weighted by Crippen LogP contribution is -2.34. The molecule has 0 saturated carbocycles. The minimum absolute atomic E-state index is 0.116. The Kier molecular flexibility index (Phi) is 4.96. The number of rotatable bonds is 4. The van der Waals surface area contributed by atoms with Crippen molar-refractivity contribution in [2.24, 2.45) is 0 Å². The van der Waals surface area contributed by atoms with Gasteiger partial charge in [0.15, 0.2) is 5.60 Å². The maximum Gasteiger partial charge on any atom is 0.509 e. The monoisotopic (exact) mass is 388 g/mol. The predicted molar refractivity (Wildman–Crippen MR) is 109 cm³/mol. The van der Waals surface area contributed by atoms with Crippen LogP contribution < -0.4 is 4.74 Å². The van der Waals surface area contributed by atoms with Crippen molar-refractivity contribution in [3.8, 4) is 11.5 Å². The summed E-state index contributed by atoms with van der Waals surface area (Å²) in [5.41, 5.74) is 1.63. The Hall–Kier alpha value is -3.73. The number of aliphatic hydroxyl groups excluding tert-OH is 1. The molecular weight excluding hydrogens is 368 g/mol. The van der Waals surface area contributed by atoms with Gasteiger partial charge < -0.3 is 19.3 Å². The molecule has 1 aliphatic heterocycles. The highest BCUT2D eigenvalue weighted by molar-refractivity contribution is 5.69. The molecule has 0 fully saturated rings. The van der Waals surface area contributed by atoms with Crippen LogP contribution in [0, 0.1) is 0 Å². The Bertz CT molecular complexity index is 1010. The predicted octanol–water partition coefficient (Wildman–Crippen LogP) is 5.81. The molecule has 0 aliphatic carbocycles. The van der Waals surface area contributed by atoms with Gasteiger partial charge in [-0.25, -0.2) is 4.79 Å². The molecule has 1 heterocycles. The van der Waals surface area contributed by atoms with Crippen molar-refractivity contribution in [2.75, 3.05) is 6.61 Å². The molecule has 4 rings (SSSR count). The Labute approximate surface area is 168 Å². The largest absolute Gasteiger partial charge is 0.515 e. The number of para-hydroxylation sites is 2. The second-order valence-electron chi connectivity index (χ2n) is 6.79. The smallest absolute Gasteiger partial charge is 0.509 e. The zero-order valence-corrected chi connectivity index (χ0v) is 15.9. The van der Waals surface area contributed by atoms with Crippen LogP contribution >= 0.6 is 0 Å². The summed E-state index contributed by atoms with van der Waals surface area (Å²) in [6.45, 7) is 1.70. The summed E-state index contributed by atoms with van der Waals surface area (Å²) in [4.78, 5) is 12.6. The Morgan fingerprint density at radius 2 is 1.48 bits per heavy atom. The van der Waals surface area contributed by atoms with E-state index in [4.69, 9.17) is 14.2 Å². The molecular formula is C24H20O5. The van der Waals surface area contributed by atoms with Crippen LogP contribution in [0.2, 0.25) is 0 Å². The van der Waals surface area contributed by atoms with Crippen molar-refractivity contribution in [3.63, 3.8) is 0 Å². The van der Waals surface area contributed by atoms with E-state index in [1.165, 1.54) is 0 Å². The quantitative estimate of drug-likeness (QED) is 0.451. The summed E-state index contributed by atoms with van der Waals surface area (Å²) in [6, 6.07) is 24.1. The normalized spacial score (nSPS) is 14.2. The van der Waals surface area contributed by atoms with Gasteiger partial charge in [-0.3, -0.25) is 0 Å². The maximum absolute atomic E-state index is 12.6. The molecule has 5 nitrogen and oxygen atoms in total. The number of ether oxygens (including phenoxy) is 3. The first-order valence-electron chi connectivity index (χ1n) is 9.23. The number of hydrogen-bond acceptors (Lipinski definition) is 5. The van der Waals surface area contributed by atoms with Crippen LogP contribution in [-0.4, -0.2) is 17.9 Å². The van der Waals surface area contributed by atoms with Gasteiger partial charge >= 0.3 is 6.16 Å². The van der Waals surface area contributed by atoms with Crippen molar-refractivity contribution in [2.45, 2.75) is 12.5 Å². The third-order valence-electron chi connectivity index (χ3n) is 4.96. The Balaban J connectivity index is 1.57. The summed E-state index contributed by atoms with van der Waals surface area (Å²) >= 11 is 0. The lowest BCUT2D eigenvalue weighted by atomic mass is 9.85. The van der Waals surface area contributed by atoms with Crippen LogP contribution in [0.25, 0.3) is 5.57 Å². The zero-order chi connectivity index (χ0) is 20.3. The van der Waals surface area contributed by atoms with Crippen LogP contribution in [-0.2, 0) is 15.1 Å². The van der Waals surface area contributed by atoms with Gasteiger partial charge in [0.05, 0.1) is 6.26 Å². The molecule has 0 amide bonds. The van der Waals surface area contributed by atoms with Gasteiger partial charge in [-0.05, 0) is 24.6 Å². The van der Waals surface area contributed by atoms with E-state index in [0.717, 1.165) is 23.0 Å². The molecule has 5 heteroatoms. The number of hydrogen-bond donors (Lipinski definition) is 1. The fourth-order valence-electron chi connectivity index (χ4n) is 3.45. The first-order valence-corrected chi connectivity index (χ1v) is 9.23. The maximum atomic E-state index is 12.6. The number of carbonyl (C=O) groups is 1. The Morgan fingerprint density at radius 3 is 2.07 bits per heavy atom. The van der Waals surface area contributed by atoms with E-state index >= 15 is 0 Å². The molecule has 0 aromatic heterocycles. The molecule has 0 atom stereocenters.